The molecule has 0 spiro atoms. The number of hydrogen-bond acceptors (Lipinski definition) is 3. The molecule has 0 aliphatic rings. The van der Waals surface area contributed by atoms with Gasteiger partial charge in [0.2, 0.25) is 0 Å². The maximum absolute atomic E-state index is 4.80. The van der Waals surface area contributed by atoms with Crippen LogP contribution in [0.25, 0.3) is 5.69 Å². The molecule has 1 heterocycles. The first-order valence-electron chi connectivity index (χ1n) is 10.4. The Hall–Kier alpha value is -1.61. The zero-order chi connectivity index (χ0) is 20.4. The maximum atomic E-state index is 4.80. The van der Waals surface area contributed by atoms with Gasteiger partial charge in [-0.15, -0.1) is 24.0 Å². The van der Waals surface area contributed by atoms with E-state index in [1.807, 2.05) is 11.6 Å². The molecule has 0 radical (unpaired) electrons. The molecule has 0 saturated carbocycles. The van der Waals surface area contributed by atoms with Gasteiger partial charge in [0, 0.05) is 18.8 Å². The molecule has 29 heavy (non-hydrogen) atoms. The van der Waals surface area contributed by atoms with Crippen LogP contribution in [0.15, 0.2) is 35.3 Å². The number of rotatable bonds is 10. The van der Waals surface area contributed by atoms with Crippen LogP contribution in [0.2, 0.25) is 0 Å². The zero-order valence-electron chi connectivity index (χ0n) is 18.5. The number of nitrogens with zero attached hydrogens (tertiary/aromatic N) is 4. The molecule has 2 aromatic rings. The van der Waals surface area contributed by atoms with Gasteiger partial charge < -0.3 is 15.5 Å². The molecule has 6 nitrogen and oxygen atoms in total. The molecule has 0 amide bonds. The Bertz CT molecular complexity index is 752. The molecule has 0 saturated heterocycles. The van der Waals surface area contributed by atoms with Gasteiger partial charge in [-0.3, -0.25) is 0 Å². The quantitative estimate of drug-likeness (QED) is 0.220. The van der Waals surface area contributed by atoms with Crippen molar-refractivity contribution in [2.75, 3.05) is 32.7 Å². The third-order valence-corrected chi connectivity index (χ3v) is 4.82. The third-order valence-electron chi connectivity index (χ3n) is 4.82. The van der Waals surface area contributed by atoms with E-state index in [4.69, 9.17) is 4.99 Å². The standard InChI is InChI=1S/C22H36N6.HI/c1-6-23-22(24-14-11-15-27(7-2)8-3)25-17-20-12-9-10-13-21(20)28-19(5)16-18(4)26-28;/h9-10,12-13,16H,6-8,11,14-15,17H2,1-5H3,(H2,23,24,25);1H. The van der Waals surface area contributed by atoms with Crippen molar-refractivity contribution in [3.63, 3.8) is 0 Å². The van der Waals surface area contributed by atoms with Gasteiger partial charge >= 0.3 is 0 Å². The molecule has 2 rings (SSSR count). The van der Waals surface area contributed by atoms with Gasteiger partial charge in [-0.25, -0.2) is 9.67 Å². The molecule has 0 aliphatic heterocycles. The minimum atomic E-state index is 0. The Morgan fingerprint density at radius 3 is 2.45 bits per heavy atom. The molecule has 7 heteroatoms. The van der Waals surface area contributed by atoms with Crippen LogP contribution in [0.3, 0.4) is 0 Å². The van der Waals surface area contributed by atoms with Crippen LogP contribution in [-0.4, -0.2) is 53.4 Å². The molecular weight excluding hydrogens is 475 g/mol. The van der Waals surface area contributed by atoms with Gasteiger partial charge in [-0.1, -0.05) is 32.0 Å². The fourth-order valence-corrected chi connectivity index (χ4v) is 3.28. The number of para-hydroxylation sites is 1. The number of guanidine groups is 1. The molecule has 0 aliphatic carbocycles. The van der Waals surface area contributed by atoms with E-state index in [-0.39, 0.29) is 24.0 Å². The summed E-state index contributed by atoms with van der Waals surface area (Å²) in [6, 6.07) is 10.4. The van der Waals surface area contributed by atoms with Crippen LogP contribution in [0.5, 0.6) is 0 Å². The van der Waals surface area contributed by atoms with E-state index in [2.05, 4.69) is 78.7 Å². The van der Waals surface area contributed by atoms with Crippen molar-refractivity contribution < 1.29 is 0 Å². The largest absolute Gasteiger partial charge is 0.357 e. The van der Waals surface area contributed by atoms with Crippen molar-refractivity contribution in [3.05, 3.63) is 47.3 Å². The SMILES string of the molecule is CCNC(=NCc1ccccc1-n1nc(C)cc1C)NCCCN(CC)CC.I. The Morgan fingerprint density at radius 1 is 1.10 bits per heavy atom. The van der Waals surface area contributed by atoms with E-state index in [9.17, 15) is 0 Å². The van der Waals surface area contributed by atoms with Crippen LogP contribution in [0, 0.1) is 13.8 Å². The molecule has 0 fully saturated rings. The zero-order valence-corrected chi connectivity index (χ0v) is 20.9. The summed E-state index contributed by atoms with van der Waals surface area (Å²) >= 11 is 0. The van der Waals surface area contributed by atoms with Gasteiger partial charge in [-0.05, 0) is 64.5 Å². The smallest absolute Gasteiger partial charge is 0.191 e. The summed E-state index contributed by atoms with van der Waals surface area (Å²) in [7, 11) is 0. The molecule has 0 atom stereocenters. The molecule has 162 valence electrons. The number of nitrogens with one attached hydrogen (secondary N) is 2. The Morgan fingerprint density at radius 2 is 1.83 bits per heavy atom. The fourth-order valence-electron chi connectivity index (χ4n) is 3.28. The van der Waals surface area contributed by atoms with E-state index in [1.54, 1.807) is 0 Å². The van der Waals surface area contributed by atoms with Crippen LogP contribution in [-0.2, 0) is 6.54 Å². The predicted molar refractivity (Wildman–Crippen MR) is 134 cm³/mol. The average molecular weight is 512 g/mol. The number of aromatic nitrogens is 2. The van der Waals surface area contributed by atoms with E-state index in [1.165, 1.54) is 0 Å². The fraction of sp³-hybridized carbons (Fsp3) is 0.545. The molecular formula is C22H37IN6. The minimum Gasteiger partial charge on any atom is -0.357 e. The molecule has 0 unspecified atom stereocenters. The highest BCUT2D eigenvalue weighted by Gasteiger charge is 2.08. The second kappa shape index (κ2) is 13.6. The lowest BCUT2D eigenvalue weighted by Gasteiger charge is -2.18. The lowest BCUT2D eigenvalue weighted by Crippen LogP contribution is -2.38. The maximum Gasteiger partial charge on any atom is 0.191 e. The second-order valence-corrected chi connectivity index (χ2v) is 6.97. The van der Waals surface area contributed by atoms with E-state index < -0.39 is 0 Å². The van der Waals surface area contributed by atoms with Crippen LogP contribution in [0.4, 0.5) is 0 Å². The molecule has 2 N–H and O–H groups in total. The van der Waals surface area contributed by atoms with E-state index >= 15 is 0 Å². The predicted octanol–water partition coefficient (Wildman–Crippen LogP) is 3.89. The van der Waals surface area contributed by atoms with Crippen molar-refractivity contribution in [2.24, 2.45) is 4.99 Å². The lowest BCUT2D eigenvalue weighted by atomic mass is 10.2. The summed E-state index contributed by atoms with van der Waals surface area (Å²) in [4.78, 5) is 7.24. The number of aliphatic imine (C=N–C) groups is 1. The van der Waals surface area contributed by atoms with Crippen molar-refractivity contribution in [1.29, 1.82) is 0 Å². The summed E-state index contributed by atoms with van der Waals surface area (Å²) < 4.78 is 2.00. The Balaban J connectivity index is 0.00000420. The first-order chi connectivity index (χ1) is 13.6. The Labute approximate surface area is 193 Å². The number of aryl methyl sites for hydroxylation is 2. The van der Waals surface area contributed by atoms with E-state index in [0.29, 0.717) is 6.54 Å². The second-order valence-electron chi connectivity index (χ2n) is 6.97. The molecule has 1 aromatic heterocycles. The summed E-state index contributed by atoms with van der Waals surface area (Å²) in [6.07, 6.45) is 1.11. The van der Waals surface area contributed by atoms with Crippen LogP contribution in [0.1, 0.15) is 44.1 Å². The first kappa shape index (κ1) is 25.4. The van der Waals surface area contributed by atoms with E-state index in [0.717, 1.165) is 67.7 Å². The van der Waals surface area contributed by atoms with Crippen LogP contribution < -0.4 is 10.6 Å². The van der Waals surface area contributed by atoms with Gasteiger partial charge in [0.1, 0.15) is 0 Å². The van der Waals surface area contributed by atoms with Crippen molar-refractivity contribution >= 4 is 29.9 Å². The summed E-state index contributed by atoms with van der Waals surface area (Å²) in [5, 5.41) is 11.4. The highest BCUT2D eigenvalue weighted by Crippen LogP contribution is 2.17. The summed E-state index contributed by atoms with van der Waals surface area (Å²) in [5.74, 6) is 0.866. The summed E-state index contributed by atoms with van der Waals surface area (Å²) in [6.45, 7) is 16.3. The minimum absolute atomic E-state index is 0. The van der Waals surface area contributed by atoms with Crippen LogP contribution >= 0.6 is 24.0 Å². The average Bonchev–Trinajstić information content (AvgIpc) is 3.04. The lowest BCUT2D eigenvalue weighted by molar-refractivity contribution is 0.300. The van der Waals surface area contributed by atoms with Gasteiger partial charge in [0.25, 0.3) is 0 Å². The Kier molecular flexibility index (Phi) is 11.9. The third kappa shape index (κ3) is 7.97. The van der Waals surface area contributed by atoms with Crippen molar-refractivity contribution in [2.45, 2.75) is 47.6 Å². The van der Waals surface area contributed by atoms with Gasteiger partial charge in [-0.2, -0.15) is 5.10 Å². The number of benzene rings is 1. The summed E-state index contributed by atoms with van der Waals surface area (Å²) in [5.41, 5.74) is 4.41. The first-order valence-corrected chi connectivity index (χ1v) is 10.4. The van der Waals surface area contributed by atoms with Crippen molar-refractivity contribution in [1.82, 2.24) is 25.3 Å². The topological polar surface area (TPSA) is 57.5 Å². The highest BCUT2D eigenvalue weighted by atomic mass is 127. The van der Waals surface area contributed by atoms with Gasteiger partial charge in [0.15, 0.2) is 5.96 Å². The number of hydrogen-bond donors (Lipinski definition) is 2. The molecule has 1 aromatic carbocycles. The van der Waals surface area contributed by atoms with Gasteiger partial charge in [0.05, 0.1) is 17.9 Å². The monoisotopic (exact) mass is 512 g/mol. The van der Waals surface area contributed by atoms with Crippen molar-refractivity contribution in [3.8, 4) is 5.69 Å². The normalized spacial score (nSPS) is 11.4. The number of halogens is 1. The molecule has 0 bridgehead atoms. The highest BCUT2D eigenvalue weighted by molar-refractivity contribution is 14.0.